The monoisotopic (exact) mass is 435 g/mol. The van der Waals surface area contributed by atoms with Gasteiger partial charge in [-0.25, -0.2) is 0 Å². The van der Waals surface area contributed by atoms with E-state index in [-0.39, 0.29) is 29.7 Å². The Balaban J connectivity index is 1.57. The van der Waals surface area contributed by atoms with Crippen LogP contribution in [0.1, 0.15) is 42.6 Å². The molecule has 6 heteroatoms. The van der Waals surface area contributed by atoms with Crippen LogP contribution in [0.5, 0.6) is 0 Å². The van der Waals surface area contributed by atoms with E-state index in [2.05, 4.69) is 36.4 Å². The fraction of sp³-hybridized carbons (Fsp3) is 0.538. The van der Waals surface area contributed by atoms with Gasteiger partial charge in [-0.05, 0) is 62.9 Å². The summed E-state index contributed by atoms with van der Waals surface area (Å²) < 4.78 is 7.45. The summed E-state index contributed by atoms with van der Waals surface area (Å²) in [6.45, 7) is 7.53. The van der Waals surface area contributed by atoms with E-state index in [1.807, 2.05) is 29.4 Å². The number of hydrogen-bond acceptors (Lipinski definition) is 4. The lowest BCUT2D eigenvalue weighted by molar-refractivity contribution is -0.134. The second-order valence-corrected chi connectivity index (χ2v) is 9.37. The third-order valence-electron chi connectivity index (χ3n) is 7.53. The van der Waals surface area contributed by atoms with Crippen LogP contribution in [0.4, 0.5) is 0 Å². The lowest BCUT2D eigenvalue weighted by atomic mass is 9.79. The molecular formula is C26H33N3O3. The van der Waals surface area contributed by atoms with Gasteiger partial charge in [0.2, 0.25) is 11.8 Å². The van der Waals surface area contributed by atoms with Crippen molar-refractivity contribution in [2.75, 3.05) is 39.9 Å². The van der Waals surface area contributed by atoms with Crippen LogP contribution in [0.25, 0.3) is 16.5 Å². The standard InChI is InChI=1S/C26H33N3O3/c1-4-28(5-2)25(30)19-12-21-20-9-6-10-22-24(20)18(13-23(21)27(3)14-19)15-29(22)26(31)17-8-7-11-32-16-17/h6,9-10,12,15,17,19,23H,4-5,7-8,11,13-14,16H2,1-3H3/t17?,19-,23-/m1/s1. The number of rotatable bonds is 4. The molecule has 3 heterocycles. The molecule has 1 aromatic heterocycles. The average molecular weight is 436 g/mol. The normalized spacial score (nSPS) is 25.3. The van der Waals surface area contributed by atoms with Crippen LogP contribution in [-0.4, -0.2) is 72.1 Å². The van der Waals surface area contributed by atoms with Gasteiger partial charge < -0.3 is 9.64 Å². The SMILES string of the molecule is CCN(CC)C(=O)[C@@H]1C=C2c3cccc4c3c(cn4C(=O)C3CCCOC3)C[C@H]2N(C)C1. The van der Waals surface area contributed by atoms with E-state index in [1.165, 1.54) is 22.1 Å². The van der Waals surface area contributed by atoms with Crippen LogP contribution >= 0.6 is 0 Å². The zero-order valence-corrected chi connectivity index (χ0v) is 19.3. The topological polar surface area (TPSA) is 54.8 Å². The maximum absolute atomic E-state index is 13.3. The van der Waals surface area contributed by atoms with Gasteiger partial charge in [-0.15, -0.1) is 0 Å². The Morgan fingerprint density at radius 1 is 1.22 bits per heavy atom. The molecule has 1 aromatic carbocycles. The summed E-state index contributed by atoms with van der Waals surface area (Å²) in [4.78, 5) is 30.7. The Bertz CT molecular complexity index is 1080. The van der Waals surface area contributed by atoms with Crippen LogP contribution < -0.4 is 0 Å². The lowest BCUT2D eigenvalue weighted by Gasteiger charge is -2.40. The minimum absolute atomic E-state index is 0.0724. The molecule has 3 aliphatic rings. The van der Waals surface area contributed by atoms with E-state index in [9.17, 15) is 9.59 Å². The van der Waals surface area contributed by atoms with Crippen molar-refractivity contribution in [3.63, 3.8) is 0 Å². The lowest BCUT2D eigenvalue weighted by Crippen LogP contribution is -2.47. The number of hydrogen-bond donors (Lipinski definition) is 0. The van der Waals surface area contributed by atoms with Gasteiger partial charge in [0, 0.05) is 43.9 Å². The van der Waals surface area contributed by atoms with Gasteiger partial charge in [0.1, 0.15) is 0 Å². The molecule has 0 radical (unpaired) electrons. The molecule has 0 spiro atoms. The average Bonchev–Trinajstić information content (AvgIpc) is 3.20. The molecule has 170 valence electrons. The Hall–Kier alpha value is -2.44. The van der Waals surface area contributed by atoms with Crippen molar-refractivity contribution in [2.45, 2.75) is 39.2 Å². The fourth-order valence-corrected chi connectivity index (χ4v) is 5.80. The fourth-order valence-electron chi connectivity index (χ4n) is 5.80. The highest BCUT2D eigenvalue weighted by molar-refractivity contribution is 6.03. The molecule has 1 fully saturated rings. The number of amides is 1. The van der Waals surface area contributed by atoms with Gasteiger partial charge in [-0.1, -0.05) is 18.2 Å². The van der Waals surface area contributed by atoms with E-state index in [0.29, 0.717) is 6.61 Å². The second kappa shape index (κ2) is 8.49. The molecule has 0 saturated carbocycles. The number of ether oxygens (including phenoxy) is 1. The Kier molecular flexibility index (Phi) is 5.68. The van der Waals surface area contributed by atoms with Gasteiger partial charge in [-0.2, -0.15) is 0 Å². The Morgan fingerprint density at radius 3 is 2.75 bits per heavy atom. The zero-order valence-electron chi connectivity index (χ0n) is 19.3. The van der Waals surface area contributed by atoms with Gasteiger partial charge in [0.15, 0.2) is 0 Å². The van der Waals surface area contributed by atoms with Gasteiger partial charge in [0.25, 0.3) is 0 Å². The predicted molar refractivity (Wildman–Crippen MR) is 126 cm³/mol. The number of fused-ring (bicyclic) bond motifs is 2. The first kappa shape index (κ1) is 21.4. The van der Waals surface area contributed by atoms with Crippen LogP contribution in [0.3, 0.4) is 0 Å². The summed E-state index contributed by atoms with van der Waals surface area (Å²) in [6, 6.07) is 6.48. The summed E-state index contributed by atoms with van der Waals surface area (Å²) >= 11 is 0. The number of carbonyl (C=O) groups is 2. The Morgan fingerprint density at radius 2 is 2.03 bits per heavy atom. The largest absolute Gasteiger partial charge is 0.381 e. The van der Waals surface area contributed by atoms with Crippen molar-refractivity contribution in [2.24, 2.45) is 11.8 Å². The highest BCUT2D eigenvalue weighted by atomic mass is 16.5. The molecular weight excluding hydrogens is 402 g/mol. The maximum atomic E-state index is 13.3. The van der Waals surface area contributed by atoms with Gasteiger partial charge >= 0.3 is 0 Å². The molecule has 3 atom stereocenters. The number of nitrogens with zero attached hydrogens (tertiary/aromatic N) is 3. The highest BCUT2D eigenvalue weighted by Crippen LogP contribution is 2.42. The number of carbonyl (C=O) groups excluding carboxylic acids is 2. The number of aromatic nitrogens is 1. The molecule has 5 rings (SSSR count). The van der Waals surface area contributed by atoms with Crippen molar-refractivity contribution in [3.8, 4) is 0 Å². The van der Waals surface area contributed by atoms with Crippen molar-refractivity contribution in [3.05, 3.63) is 41.6 Å². The predicted octanol–water partition coefficient (Wildman–Crippen LogP) is 3.45. The maximum Gasteiger partial charge on any atom is 0.236 e. The molecule has 0 bridgehead atoms. The van der Waals surface area contributed by atoms with Gasteiger partial charge in [-0.3, -0.25) is 19.1 Å². The van der Waals surface area contributed by atoms with Gasteiger partial charge in [0.05, 0.1) is 24.0 Å². The number of likely N-dealkylation sites (N-methyl/N-ethyl adjacent to an activating group) is 1. The molecule has 1 unspecified atom stereocenters. The molecule has 1 aliphatic carbocycles. The first-order chi connectivity index (χ1) is 15.5. The molecule has 1 saturated heterocycles. The van der Waals surface area contributed by atoms with E-state index >= 15 is 0 Å². The van der Waals surface area contributed by atoms with Crippen LogP contribution in [0.2, 0.25) is 0 Å². The molecule has 32 heavy (non-hydrogen) atoms. The van der Waals surface area contributed by atoms with Crippen molar-refractivity contribution < 1.29 is 14.3 Å². The molecule has 2 aliphatic heterocycles. The van der Waals surface area contributed by atoms with E-state index < -0.39 is 0 Å². The van der Waals surface area contributed by atoms with Crippen molar-refractivity contribution in [1.29, 1.82) is 0 Å². The third kappa shape index (κ3) is 3.41. The summed E-state index contributed by atoms with van der Waals surface area (Å²) in [5.41, 5.74) is 4.60. The van der Waals surface area contributed by atoms with E-state index in [1.54, 1.807) is 0 Å². The first-order valence-electron chi connectivity index (χ1n) is 12.0. The molecule has 1 amide bonds. The third-order valence-corrected chi connectivity index (χ3v) is 7.53. The number of benzene rings is 1. The summed E-state index contributed by atoms with van der Waals surface area (Å²) in [5.74, 6) is 0.138. The van der Waals surface area contributed by atoms with Crippen LogP contribution in [-0.2, 0) is 16.0 Å². The highest BCUT2D eigenvalue weighted by Gasteiger charge is 2.37. The smallest absolute Gasteiger partial charge is 0.236 e. The molecule has 6 nitrogen and oxygen atoms in total. The van der Waals surface area contributed by atoms with Crippen molar-refractivity contribution >= 4 is 28.3 Å². The van der Waals surface area contributed by atoms with E-state index in [0.717, 1.165) is 51.0 Å². The minimum atomic E-state index is -0.133. The quantitative estimate of drug-likeness (QED) is 0.738. The van der Waals surface area contributed by atoms with Crippen LogP contribution in [0, 0.1) is 11.8 Å². The Labute approximate surface area is 189 Å². The summed E-state index contributed by atoms with van der Waals surface area (Å²) in [7, 11) is 2.12. The zero-order chi connectivity index (χ0) is 22.4. The second-order valence-electron chi connectivity index (χ2n) is 9.37. The van der Waals surface area contributed by atoms with E-state index in [4.69, 9.17) is 4.74 Å². The first-order valence-corrected chi connectivity index (χ1v) is 12.0. The van der Waals surface area contributed by atoms with Crippen LogP contribution in [0.15, 0.2) is 30.5 Å². The minimum Gasteiger partial charge on any atom is -0.381 e. The summed E-state index contributed by atoms with van der Waals surface area (Å²) in [5, 5.41) is 1.17. The summed E-state index contributed by atoms with van der Waals surface area (Å²) in [6.07, 6.45) is 6.96. The van der Waals surface area contributed by atoms with Crippen molar-refractivity contribution in [1.82, 2.24) is 14.4 Å². The molecule has 2 aromatic rings. The molecule has 0 N–H and O–H groups in total.